The first-order chi connectivity index (χ1) is 9.99. The van der Waals surface area contributed by atoms with Crippen LogP contribution in [0.25, 0.3) is 0 Å². The Morgan fingerprint density at radius 1 is 1.29 bits per heavy atom. The van der Waals surface area contributed by atoms with Crippen LogP contribution in [0.15, 0.2) is 18.2 Å². The van der Waals surface area contributed by atoms with Crippen molar-refractivity contribution in [2.75, 3.05) is 13.1 Å². The maximum atomic E-state index is 13.8. The normalized spacial score (nSPS) is 21.0. The number of rotatable bonds is 5. The Hall–Kier alpha value is -0.930. The summed E-state index contributed by atoms with van der Waals surface area (Å²) >= 11 is 0. The summed E-state index contributed by atoms with van der Waals surface area (Å²) in [5, 5.41) is 3.62. The molecule has 1 N–H and O–H groups in total. The van der Waals surface area contributed by atoms with E-state index in [-0.39, 0.29) is 11.9 Å². The lowest BCUT2D eigenvalue weighted by Gasteiger charge is -2.37. The molecule has 21 heavy (non-hydrogen) atoms. The van der Waals surface area contributed by atoms with Crippen LogP contribution in [0.4, 0.5) is 4.39 Å². The second kappa shape index (κ2) is 7.37. The van der Waals surface area contributed by atoms with E-state index in [4.69, 9.17) is 0 Å². The number of halogens is 1. The lowest BCUT2D eigenvalue weighted by Crippen LogP contribution is -2.46. The Kier molecular flexibility index (Phi) is 5.77. The van der Waals surface area contributed by atoms with E-state index < -0.39 is 0 Å². The standard InChI is InChI=1S/C18H29FN2/c1-13(2)21(12-17-7-5-6-10-20-17)15(4)16-9-8-14(3)18(19)11-16/h8-9,11,13,15,17,20H,5-7,10,12H2,1-4H3. The maximum Gasteiger partial charge on any atom is 0.126 e. The van der Waals surface area contributed by atoms with E-state index in [9.17, 15) is 4.39 Å². The van der Waals surface area contributed by atoms with Crippen molar-refractivity contribution in [2.24, 2.45) is 0 Å². The highest BCUT2D eigenvalue weighted by Crippen LogP contribution is 2.25. The summed E-state index contributed by atoms with van der Waals surface area (Å²) in [7, 11) is 0. The van der Waals surface area contributed by atoms with E-state index in [1.54, 1.807) is 6.07 Å². The van der Waals surface area contributed by atoms with Gasteiger partial charge >= 0.3 is 0 Å². The van der Waals surface area contributed by atoms with E-state index in [1.165, 1.54) is 19.3 Å². The minimum Gasteiger partial charge on any atom is -0.313 e. The molecule has 1 aliphatic heterocycles. The van der Waals surface area contributed by atoms with Gasteiger partial charge in [0.25, 0.3) is 0 Å². The van der Waals surface area contributed by atoms with Gasteiger partial charge in [-0.15, -0.1) is 0 Å². The molecule has 1 fully saturated rings. The third kappa shape index (κ3) is 4.27. The number of nitrogens with one attached hydrogen (secondary N) is 1. The van der Waals surface area contributed by atoms with E-state index in [0.29, 0.717) is 12.1 Å². The van der Waals surface area contributed by atoms with Gasteiger partial charge in [-0.05, 0) is 64.3 Å². The first-order valence-corrected chi connectivity index (χ1v) is 8.24. The van der Waals surface area contributed by atoms with Crippen molar-refractivity contribution in [1.82, 2.24) is 10.2 Å². The molecule has 0 amide bonds. The quantitative estimate of drug-likeness (QED) is 0.881. The average molecular weight is 292 g/mol. The van der Waals surface area contributed by atoms with Gasteiger partial charge in [0.05, 0.1) is 0 Å². The van der Waals surface area contributed by atoms with Crippen molar-refractivity contribution in [3.63, 3.8) is 0 Å². The molecule has 1 aromatic carbocycles. The average Bonchev–Trinajstić information content (AvgIpc) is 2.47. The van der Waals surface area contributed by atoms with Crippen molar-refractivity contribution in [1.29, 1.82) is 0 Å². The van der Waals surface area contributed by atoms with Gasteiger partial charge in [-0.1, -0.05) is 18.6 Å². The Labute approximate surface area is 128 Å². The molecular formula is C18H29FN2. The number of hydrogen-bond acceptors (Lipinski definition) is 2. The van der Waals surface area contributed by atoms with Gasteiger partial charge in [0, 0.05) is 24.7 Å². The molecule has 1 aliphatic rings. The molecule has 1 heterocycles. The van der Waals surface area contributed by atoms with Crippen LogP contribution >= 0.6 is 0 Å². The number of hydrogen-bond donors (Lipinski definition) is 1. The maximum absolute atomic E-state index is 13.8. The minimum atomic E-state index is -0.0983. The third-order valence-electron chi connectivity index (χ3n) is 4.68. The topological polar surface area (TPSA) is 15.3 Å². The highest BCUT2D eigenvalue weighted by Gasteiger charge is 2.24. The molecule has 0 aliphatic carbocycles. The van der Waals surface area contributed by atoms with Gasteiger partial charge in [-0.3, -0.25) is 4.90 Å². The lowest BCUT2D eigenvalue weighted by molar-refractivity contribution is 0.137. The van der Waals surface area contributed by atoms with Crippen molar-refractivity contribution in [3.05, 3.63) is 35.1 Å². The zero-order valence-electron chi connectivity index (χ0n) is 13.8. The zero-order valence-corrected chi connectivity index (χ0v) is 13.8. The number of nitrogens with zero attached hydrogens (tertiary/aromatic N) is 1. The molecule has 1 saturated heterocycles. The molecule has 2 atom stereocenters. The highest BCUT2D eigenvalue weighted by atomic mass is 19.1. The largest absolute Gasteiger partial charge is 0.313 e. The van der Waals surface area contributed by atoms with Crippen LogP contribution in [-0.4, -0.2) is 30.1 Å². The summed E-state index contributed by atoms with van der Waals surface area (Å²) in [6, 6.07) is 6.91. The van der Waals surface area contributed by atoms with Crippen LogP contribution in [0.1, 0.15) is 57.2 Å². The molecular weight excluding hydrogens is 263 g/mol. The summed E-state index contributed by atoms with van der Waals surface area (Å²) in [5.41, 5.74) is 1.79. The number of benzene rings is 1. The van der Waals surface area contributed by atoms with Crippen LogP contribution in [0.5, 0.6) is 0 Å². The fourth-order valence-corrected chi connectivity index (χ4v) is 3.21. The Morgan fingerprint density at radius 3 is 2.62 bits per heavy atom. The Morgan fingerprint density at radius 2 is 2.05 bits per heavy atom. The van der Waals surface area contributed by atoms with E-state index in [2.05, 4.69) is 37.1 Å². The summed E-state index contributed by atoms with van der Waals surface area (Å²) in [5.74, 6) is -0.0983. The minimum absolute atomic E-state index is 0.0983. The van der Waals surface area contributed by atoms with Crippen LogP contribution in [-0.2, 0) is 0 Å². The first kappa shape index (κ1) is 16.4. The first-order valence-electron chi connectivity index (χ1n) is 8.24. The van der Waals surface area contributed by atoms with Crippen LogP contribution < -0.4 is 5.32 Å². The highest BCUT2D eigenvalue weighted by molar-refractivity contribution is 5.25. The molecule has 0 saturated carbocycles. The molecule has 3 heteroatoms. The zero-order chi connectivity index (χ0) is 15.4. The molecule has 2 rings (SSSR count). The molecule has 0 spiro atoms. The summed E-state index contributed by atoms with van der Waals surface area (Å²) in [6.07, 6.45) is 3.85. The van der Waals surface area contributed by atoms with Gasteiger partial charge in [0.2, 0.25) is 0 Å². The number of aryl methyl sites for hydroxylation is 1. The Balaban J connectivity index is 2.10. The van der Waals surface area contributed by atoms with Crippen LogP contribution in [0, 0.1) is 12.7 Å². The van der Waals surface area contributed by atoms with Gasteiger partial charge in [-0.25, -0.2) is 4.39 Å². The van der Waals surface area contributed by atoms with Crippen molar-refractivity contribution in [2.45, 2.75) is 65.1 Å². The molecule has 0 aromatic heterocycles. The molecule has 118 valence electrons. The fourth-order valence-electron chi connectivity index (χ4n) is 3.21. The number of piperidine rings is 1. The summed E-state index contributed by atoms with van der Waals surface area (Å²) < 4.78 is 13.8. The fraction of sp³-hybridized carbons (Fsp3) is 0.667. The van der Waals surface area contributed by atoms with Gasteiger partial charge in [0.1, 0.15) is 5.82 Å². The third-order valence-corrected chi connectivity index (χ3v) is 4.68. The van der Waals surface area contributed by atoms with E-state index >= 15 is 0 Å². The predicted molar refractivity (Wildman–Crippen MR) is 87.0 cm³/mol. The SMILES string of the molecule is Cc1ccc(C(C)N(CC2CCCCN2)C(C)C)cc1F. The molecule has 2 unspecified atom stereocenters. The van der Waals surface area contributed by atoms with Gasteiger partial charge in [-0.2, -0.15) is 0 Å². The van der Waals surface area contributed by atoms with Crippen molar-refractivity contribution >= 4 is 0 Å². The van der Waals surface area contributed by atoms with Crippen LogP contribution in [0.3, 0.4) is 0 Å². The second-order valence-corrected chi connectivity index (χ2v) is 6.62. The van der Waals surface area contributed by atoms with Crippen molar-refractivity contribution in [3.8, 4) is 0 Å². The van der Waals surface area contributed by atoms with Gasteiger partial charge in [0.15, 0.2) is 0 Å². The predicted octanol–water partition coefficient (Wildman–Crippen LogP) is 4.05. The van der Waals surface area contributed by atoms with E-state index in [1.807, 2.05) is 13.0 Å². The second-order valence-electron chi connectivity index (χ2n) is 6.62. The summed E-state index contributed by atoms with van der Waals surface area (Å²) in [4.78, 5) is 2.48. The van der Waals surface area contributed by atoms with Crippen molar-refractivity contribution < 1.29 is 4.39 Å². The molecule has 0 bridgehead atoms. The lowest BCUT2D eigenvalue weighted by atomic mass is 10.00. The molecule has 0 radical (unpaired) electrons. The summed E-state index contributed by atoms with van der Waals surface area (Å²) in [6.45, 7) is 10.6. The van der Waals surface area contributed by atoms with Crippen LogP contribution in [0.2, 0.25) is 0 Å². The Bertz CT molecular complexity index is 453. The molecule has 2 nitrogen and oxygen atoms in total. The van der Waals surface area contributed by atoms with E-state index in [0.717, 1.165) is 24.2 Å². The smallest absolute Gasteiger partial charge is 0.126 e. The molecule has 1 aromatic rings. The monoisotopic (exact) mass is 292 g/mol. The van der Waals surface area contributed by atoms with Gasteiger partial charge < -0.3 is 5.32 Å².